The number of ether oxygens (including phenoxy) is 2. The number of carbonyl (C=O) groups is 4. The third-order valence-electron chi connectivity index (χ3n) is 6.69. The molecule has 2 amide bonds. The predicted molar refractivity (Wildman–Crippen MR) is 148 cm³/mol. The number of hydrogen-bond donors (Lipinski definition) is 5. The largest absolute Gasteiger partial charge is 0.490 e. The first-order valence-electron chi connectivity index (χ1n) is 13.7. The summed E-state index contributed by atoms with van der Waals surface area (Å²) in [6.07, 6.45) is -7.72. The van der Waals surface area contributed by atoms with E-state index in [1.54, 1.807) is 17.0 Å². The van der Waals surface area contributed by atoms with Crippen molar-refractivity contribution in [2.75, 3.05) is 26.7 Å². The molecule has 2 aliphatic rings. The molecule has 0 aliphatic carbocycles. The Hall–Kier alpha value is -4.65. The Bertz CT molecular complexity index is 1340. The molecule has 19 heteroatoms. The van der Waals surface area contributed by atoms with Crippen LogP contribution in [0.15, 0.2) is 42.6 Å². The second-order valence-corrected chi connectivity index (χ2v) is 10.0. The van der Waals surface area contributed by atoms with Gasteiger partial charge in [-0.1, -0.05) is 24.3 Å². The van der Waals surface area contributed by atoms with Crippen LogP contribution in [0.1, 0.15) is 34.3 Å². The number of aliphatic carboxylic acids is 2. The van der Waals surface area contributed by atoms with Gasteiger partial charge in [-0.3, -0.25) is 4.79 Å². The smallest absolute Gasteiger partial charge is 0.475 e. The van der Waals surface area contributed by atoms with Crippen LogP contribution in [0.4, 0.5) is 31.1 Å². The minimum Gasteiger partial charge on any atom is -0.475 e. The monoisotopic (exact) mass is 682 g/mol. The van der Waals surface area contributed by atoms with E-state index in [1.165, 1.54) is 24.4 Å². The molecular weight excluding hydrogens is 650 g/mol. The molecule has 3 heterocycles. The van der Waals surface area contributed by atoms with E-state index in [9.17, 15) is 41.0 Å². The highest BCUT2D eigenvalue weighted by Gasteiger charge is 2.39. The number of aliphatic hydroxyl groups is 1. The van der Waals surface area contributed by atoms with Crippen LogP contribution in [0.3, 0.4) is 0 Å². The van der Waals surface area contributed by atoms with Crippen LogP contribution < -0.4 is 15.4 Å². The third-order valence-corrected chi connectivity index (χ3v) is 6.69. The summed E-state index contributed by atoms with van der Waals surface area (Å²) in [5, 5.41) is 31.0. The number of nitrogens with one attached hydrogen (secondary N) is 2. The number of methoxy groups -OCH3 is 1. The number of rotatable bonds is 6. The molecule has 1 fully saturated rings. The zero-order valence-corrected chi connectivity index (χ0v) is 24.7. The number of aromatic nitrogens is 1. The number of nitrogens with zero attached hydrogens (tertiary/aromatic N) is 2. The van der Waals surface area contributed by atoms with Gasteiger partial charge < -0.3 is 40.3 Å². The van der Waals surface area contributed by atoms with Gasteiger partial charge in [0.25, 0.3) is 5.91 Å². The highest BCUT2D eigenvalue weighted by Crippen LogP contribution is 2.20. The van der Waals surface area contributed by atoms with Crippen molar-refractivity contribution >= 4 is 23.9 Å². The van der Waals surface area contributed by atoms with Crippen LogP contribution >= 0.6 is 0 Å². The fraction of sp³-hybridized carbons (Fsp3) is 0.464. The van der Waals surface area contributed by atoms with E-state index < -0.39 is 30.4 Å². The number of halogens is 6. The fourth-order valence-electron chi connectivity index (χ4n) is 4.26. The van der Waals surface area contributed by atoms with Crippen LogP contribution in [0, 0.1) is 0 Å². The van der Waals surface area contributed by atoms with Crippen LogP contribution in [-0.2, 0) is 27.3 Å². The molecule has 2 aromatic rings. The van der Waals surface area contributed by atoms with E-state index in [1.807, 2.05) is 12.1 Å². The number of carboxylic acids is 2. The second-order valence-electron chi connectivity index (χ2n) is 10.0. The Morgan fingerprint density at radius 3 is 2.09 bits per heavy atom. The third kappa shape index (κ3) is 12.9. The average Bonchev–Trinajstić information content (AvgIpc) is 3.03. The number of piperidine rings is 1. The van der Waals surface area contributed by atoms with Gasteiger partial charge in [0.15, 0.2) is 0 Å². The average molecular weight is 683 g/mol. The van der Waals surface area contributed by atoms with E-state index in [4.69, 9.17) is 29.3 Å². The molecule has 0 bridgehead atoms. The standard InChI is InChI=1S/C24H30N4O5.2C2HF3O2/c1-32-24(31)28-10-7-19(8-11-28)33-22-13-17(6-9-25-22)23(30)27-15-21(29)20-12-16-4-2-3-5-18(16)14-26-20;2*3-2(4,5)1(6)7/h2-6,9,13,19-21,26,29H,7-8,10-12,14-15H2,1H3,(H,27,30);2*(H,6,7)/t20-,21?;;/m0../s1. The van der Waals surface area contributed by atoms with E-state index in [0.29, 0.717) is 43.9 Å². The zero-order valence-electron chi connectivity index (χ0n) is 24.7. The van der Waals surface area contributed by atoms with Crippen molar-refractivity contribution in [1.29, 1.82) is 0 Å². The first-order chi connectivity index (χ1) is 21.9. The van der Waals surface area contributed by atoms with Gasteiger partial charge in [0.2, 0.25) is 5.88 Å². The van der Waals surface area contributed by atoms with Gasteiger partial charge in [0.05, 0.1) is 13.2 Å². The van der Waals surface area contributed by atoms with Gasteiger partial charge in [-0.2, -0.15) is 26.3 Å². The lowest BCUT2D eigenvalue weighted by molar-refractivity contribution is -0.193. The summed E-state index contributed by atoms with van der Waals surface area (Å²) in [4.78, 5) is 47.9. The molecule has 2 atom stereocenters. The zero-order chi connectivity index (χ0) is 35.4. The van der Waals surface area contributed by atoms with Crippen molar-refractivity contribution in [3.63, 3.8) is 0 Å². The molecule has 0 radical (unpaired) electrons. The van der Waals surface area contributed by atoms with E-state index in [-0.39, 0.29) is 30.7 Å². The maximum atomic E-state index is 12.6. The number of amides is 2. The van der Waals surface area contributed by atoms with Crippen molar-refractivity contribution in [3.05, 3.63) is 59.3 Å². The number of aliphatic hydroxyl groups excluding tert-OH is 1. The summed E-state index contributed by atoms with van der Waals surface area (Å²) in [5.74, 6) is -5.44. The Morgan fingerprint density at radius 2 is 1.55 bits per heavy atom. The number of carbonyl (C=O) groups excluding carboxylic acids is 2. The molecule has 5 N–H and O–H groups in total. The number of benzene rings is 1. The summed E-state index contributed by atoms with van der Waals surface area (Å²) in [6.45, 7) is 1.95. The Labute approximate surface area is 263 Å². The highest BCUT2D eigenvalue weighted by molar-refractivity contribution is 5.94. The summed E-state index contributed by atoms with van der Waals surface area (Å²) < 4.78 is 74.2. The van der Waals surface area contributed by atoms with Crippen molar-refractivity contribution in [1.82, 2.24) is 20.5 Å². The number of fused-ring (bicyclic) bond motifs is 1. The molecular formula is C28H32F6N4O9. The van der Waals surface area contributed by atoms with Crippen molar-refractivity contribution < 1.29 is 70.3 Å². The Balaban J connectivity index is 0.000000459. The summed E-state index contributed by atoms with van der Waals surface area (Å²) in [5.41, 5.74) is 2.88. The molecule has 13 nitrogen and oxygen atoms in total. The molecule has 2 aliphatic heterocycles. The normalized spacial score (nSPS) is 16.9. The first-order valence-corrected chi connectivity index (χ1v) is 13.7. The van der Waals surface area contributed by atoms with Crippen LogP contribution in [0.25, 0.3) is 0 Å². The van der Waals surface area contributed by atoms with Crippen LogP contribution in [0.2, 0.25) is 0 Å². The lowest BCUT2D eigenvalue weighted by atomic mass is 9.93. The molecule has 4 rings (SSSR count). The second kappa shape index (κ2) is 17.3. The fourth-order valence-corrected chi connectivity index (χ4v) is 4.26. The van der Waals surface area contributed by atoms with Gasteiger partial charge in [-0.05, 0) is 23.6 Å². The minimum atomic E-state index is -5.08. The number of alkyl halides is 6. The number of hydrogen-bond acceptors (Lipinski definition) is 9. The lowest BCUT2D eigenvalue weighted by Crippen LogP contribution is -2.49. The van der Waals surface area contributed by atoms with Gasteiger partial charge in [-0.25, -0.2) is 19.4 Å². The maximum absolute atomic E-state index is 12.6. The Morgan fingerprint density at radius 1 is 1.00 bits per heavy atom. The molecule has 0 spiro atoms. The maximum Gasteiger partial charge on any atom is 0.490 e. The van der Waals surface area contributed by atoms with Gasteiger partial charge in [0.1, 0.15) is 6.10 Å². The molecule has 0 saturated carbocycles. The lowest BCUT2D eigenvalue weighted by Gasteiger charge is -2.30. The summed E-state index contributed by atoms with van der Waals surface area (Å²) in [6, 6.07) is 11.3. The quantitative estimate of drug-likeness (QED) is 0.282. The van der Waals surface area contributed by atoms with Crippen molar-refractivity contribution in [2.45, 2.75) is 56.4 Å². The number of pyridine rings is 1. The highest BCUT2D eigenvalue weighted by atomic mass is 19.4. The van der Waals surface area contributed by atoms with Crippen LogP contribution in [-0.4, -0.2) is 106 Å². The Kier molecular flexibility index (Phi) is 14.2. The first kappa shape index (κ1) is 38.5. The van der Waals surface area contributed by atoms with Gasteiger partial charge in [0, 0.05) is 62.9 Å². The SMILES string of the molecule is COC(=O)N1CCC(Oc2cc(C(=O)NCC(O)[C@@H]3Cc4ccccc4CN3)ccn2)CC1.O=C(O)C(F)(F)F.O=C(O)C(F)(F)F. The molecule has 260 valence electrons. The van der Waals surface area contributed by atoms with E-state index in [2.05, 4.69) is 27.8 Å². The topological polar surface area (TPSA) is 188 Å². The van der Waals surface area contributed by atoms with E-state index in [0.717, 1.165) is 6.42 Å². The molecule has 1 saturated heterocycles. The van der Waals surface area contributed by atoms with Crippen molar-refractivity contribution in [3.8, 4) is 5.88 Å². The molecule has 1 aromatic carbocycles. The van der Waals surface area contributed by atoms with Gasteiger partial charge >= 0.3 is 30.4 Å². The summed E-state index contributed by atoms with van der Waals surface area (Å²) >= 11 is 0. The predicted octanol–water partition coefficient (Wildman–Crippen LogP) is 2.76. The van der Waals surface area contributed by atoms with Gasteiger partial charge in [-0.15, -0.1) is 0 Å². The number of likely N-dealkylation sites (tertiary alicyclic amines) is 1. The summed E-state index contributed by atoms with van der Waals surface area (Å²) in [7, 11) is 1.37. The minimum absolute atomic E-state index is 0.0845. The number of carboxylic acid groups (broad SMARTS) is 2. The molecule has 1 unspecified atom stereocenters. The van der Waals surface area contributed by atoms with E-state index >= 15 is 0 Å². The molecule has 47 heavy (non-hydrogen) atoms. The van der Waals surface area contributed by atoms with Crippen molar-refractivity contribution in [2.24, 2.45) is 0 Å². The molecule has 1 aromatic heterocycles. The van der Waals surface area contributed by atoms with Crippen LogP contribution in [0.5, 0.6) is 5.88 Å².